The number of thiophene rings is 1. The van der Waals surface area contributed by atoms with Gasteiger partial charge in [-0.05, 0) is 34.7 Å². The van der Waals surface area contributed by atoms with Crippen LogP contribution in [0.3, 0.4) is 0 Å². The summed E-state index contributed by atoms with van der Waals surface area (Å²) in [4.78, 5) is 4.22. The maximum atomic E-state index is 5.51. The summed E-state index contributed by atoms with van der Waals surface area (Å²) in [6, 6.07) is 2.18. The van der Waals surface area contributed by atoms with Crippen LogP contribution in [0.5, 0.6) is 0 Å². The fourth-order valence-corrected chi connectivity index (χ4v) is 2.52. The third-order valence-corrected chi connectivity index (χ3v) is 3.79. The van der Waals surface area contributed by atoms with Crippen LogP contribution in [0.15, 0.2) is 21.8 Å². The zero-order chi connectivity index (χ0) is 14.6. The Morgan fingerprint density at radius 1 is 1.40 bits per heavy atom. The van der Waals surface area contributed by atoms with Crippen LogP contribution in [0, 0.1) is 0 Å². The zero-order valence-corrected chi connectivity index (χ0v) is 13.6. The Morgan fingerprint density at radius 2 is 2.25 bits per heavy atom. The molecule has 1 aromatic heterocycles. The molecule has 0 aliphatic heterocycles. The molecule has 1 atom stereocenters. The number of ether oxygens (including phenoxy) is 1. The Hall–Kier alpha value is -1.07. The maximum Gasteiger partial charge on any atom is 0.191 e. The van der Waals surface area contributed by atoms with Crippen molar-refractivity contribution in [1.29, 1.82) is 0 Å². The first-order valence-electron chi connectivity index (χ1n) is 7.32. The van der Waals surface area contributed by atoms with E-state index in [9.17, 15) is 0 Å². The smallest absolute Gasteiger partial charge is 0.191 e. The van der Waals surface area contributed by atoms with Crippen molar-refractivity contribution >= 4 is 17.3 Å². The highest BCUT2D eigenvalue weighted by Crippen LogP contribution is 2.16. The molecule has 5 heteroatoms. The van der Waals surface area contributed by atoms with Gasteiger partial charge < -0.3 is 15.4 Å². The van der Waals surface area contributed by atoms with Crippen LogP contribution >= 0.6 is 11.3 Å². The predicted octanol–water partition coefficient (Wildman–Crippen LogP) is 2.83. The number of hydrogen-bond donors (Lipinski definition) is 2. The average molecular weight is 297 g/mol. The summed E-state index contributed by atoms with van der Waals surface area (Å²) < 4.78 is 5.51. The molecule has 0 aromatic carbocycles. The highest BCUT2D eigenvalue weighted by atomic mass is 32.1. The van der Waals surface area contributed by atoms with Crippen LogP contribution in [0.2, 0.25) is 0 Å². The molecule has 0 bridgehead atoms. The lowest BCUT2D eigenvalue weighted by Gasteiger charge is -2.15. The number of guanidine groups is 1. The van der Waals surface area contributed by atoms with E-state index in [4.69, 9.17) is 4.74 Å². The summed E-state index contributed by atoms with van der Waals surface area (Å²) in [5.41, 5.74) is 1.38. The number of hydrogen-bond acceptors (Lipinski definition) is 3. The first-order valence-corrected chi connectivity index (χ1v) is 8.26. The number of unbranched alkanes of at least 4 members (excludes halogenated alkanes) is 1. The van der Waals surface area contributed by atoms with E-state index >= 15 is 0 Å². The lowest BCUT2D eigenvalue weighted by atomic mass is 10.1. The van der Waals surface area contributed by atoms with Gasteiger partial charge in [0.05, 0.1) is 6.61 Å². The molecule has 1 heterocycles. The van der Waals surface area contributed by atoms with Crippen molar-refractivity contribution in [3.8, 4) is 0 Å². The van der Waals surface area contributed by atoms with Gasteiger partial charge >= 0.3 is 0 Å². The van der Waals surface area contributed by atoms with Crippen molar-refractivity contribution < 1.29 is 4.74 Å². The first-order chi connectivity index (χ1) is 9.77. The highest BCUT2D eigenvalue weighted by molar-refractivity contribution is 7.07. The van der Waals surface area contributed by atoms with Gasteiger partial charge in [-0.3, -0.25) is 4.99 Å². The van der Waals surface area contributed by atoms with Gasteiger partial charge in [-0.1, -0.05) is 20.3 Å². The SMILES string of the molecule is CCCCOCCNC(=NC)NCC(C)c1ccsc1. The molecule has 2 N–H and O–H groups in total. The molecule has 20 heavy (non-hydrogen) atoms. The van der Waals surface area contributed by atoms with Crippen molar-refractivity contribution in [3.63, 3.8) is 0 Å². The van der Waals surface area contributed by atoms with Gasteiger partial charge in [0.15, 0.2) is 5.96 Å². The lowest BCUT2D eigenvalue weighted by Crippen LogP contribution is -2.40. The van der Waals surface area contributed by atoms with Crippen molar-refractivity contribution in [1.82, 2.24) is 10.6 Å². The van der Waals surface area contributed by atoms with Crippen LogP contribution < -0.4 is 10.6 Å². The number of nitrogens with one attached hydrogen (secondary N) is 2. The summed E-state index contributed by atoms with van der Waals surface area (Å²) >= 11 is 1.74. The second-order valence-corrected chi connectivity index (χ2v) is 5.58. The molecule has 0 aliphatic rings. The average Bonchev–Trinajstić information content (AvgIpc) is 2.99. The molecule has 0 fully saturated rings. The van der Waals surface area contributed by atoms with E-state index in [1.54, 1.807) is 18.4 Å². The van der Waals surface area contributed by atoms with Crippen LogP contribution in [0.1, 0.15) is 38.2 Å². The molecule has 1 rings (SSSR count). The second-order valence-electron chi connectivity index (χ2n) is 4.80. The Kier molecular flexibility index (Phi) is 9.07. The monoisotopic (exact) mass is 297 g/mol. The van der Waals surface area contributed by atoms with Gasteiger partial charge in [-0.25, -0.2) is 0 Å². The fraction of sp³-hybridized carbons (Fsp3) is 0.667. The predicted molar refractivity (Wildman–Crippen MR) is 87.8 cm³/mol. The number of aliphatic imine (C=N–C) groups is 1. The molecule has 0 amide bonds. The van der Waals surface area contributed by atoms with Gasteiger partial charge in [0.1, 0.15) is 0 Å². The molecule has 4 nitrogen and oxygen atoms in total. The lowest BCUT2D eigenvalue weighted by molar-refractivity contribution is 0.136. The minimum atomic E-state index is 0.487. The Morgan fingerprint density at radius 3 is 2.90 bits per heavy atom. The molecule has 0 aliphatic carbocycles. The van der Waals surface area contributed by atoms with Gasteiger partial charge in [-0.2, -0.15) is 11.3 Å². The van der Waals surface area contributed by atoms with E-state index in [0.29, 0.717) is 5.92 Å². The minimum absolute atomic E-state index is 0.487. The summed E-state index contributed by atoms with van der Waals surface area (Å²) in [5, 5.41) is 10.9. The fourth-order valence-electron chi connectivity index (χ4n) is 1.73. The standard InChI is InChI=1S/C15H27N3OS/c1-4-5-8-19-9-7-17-15(16-3)18-11-13(2)14-6-10-20-12-14/h6,10,12-13H,4-5,7-9,11H2,1-3H3,(H2,16,17,18). The van der Waals surface area contributed by atoms with Crippen LogP contribution in [-0.4, -0.2) is 39.3 Å². The van der Waals surface area contributed by atoms with E-state index in [-0.39, 0.29) is 0 Å². The minimum Gasteiger partial charge on any atom is -0.380 e. The normalized spacial score (nSPS) is 13.2. The number of rotatable bonds is 9. The molecule has 0 spiro atoms. The van der Waals surface area contributed by atoms with Crippen LogP contribution in [-0.2, 0) is 4.74 Å². The van der Waals surface area contributed by atoms with Crippen molar-refractivity contribution in [2.24, 2.45) is 4.99 Å². The maximum absolute atomic E-state index is 5.51. The van der Waals surface area contributed by atoms with Crippen LogP contribution in [0.4, 0.5) is 0 Å². The van der Waals surface area contributed by atoms with E-state index in [1.807, 2.05) is 0 Å². The molecule has 0 radical (unpaired) electrons. The molecule has 114 valence electrons. The van der Waals surface area contributed by atoms with Gasteiger partial charge in [0, 0.05) is 26.7 Å². The van der Waals surface area contributed by atoms with E-state index < -0.39 is 0 Å². The molecular formula is C15H27N3OS. The third kappa shape index (κ3) is 6.91. The first kappa shape index (κ1) is 17.0. The summed E-state index contributed by atoms with van der Waals surface area (Å²) in [5.74, 6) is 1.33. The van der Waals surface area contributed by atoms with Crippen molar-refractivity contribution in [3.05, 3.63) is 22.4 Å². The molecule has 1 unspecified atom stereocenters. The van der Waals surface area contributed by atoms with Gasteiger partial charge in [-0.15, -0.1) is 0 Å². The Labute approximate surface area is 126 Å². The van der Waals surface area contributed by atoms with E-state index in [2.05, 4.69) is 46.3 Å². The van der Waals surface area contributed by atoms with Crippen molar-refractivity contribution in [2.75, 3.05) is 33.4 Å². The number of nitrogens with zero attached hydrogens (tertiary/aromatic N) is 1. The Balaban J connectivity index is 2.13. The van der Waals surface area contributed by atoms with E-state index in [0.717, 1.165) is 38.7 Å². The molecule has 0 saturated heterocycles. The summed E-state index contributed by atoms with van der Waals surface area (Å²) in [6.45, 7) is 7.63. The molecule has 0 saturated carbocycles. The summed E-state index contributed by atoms with van der Waals surface area (Å²) in [6.07, 6.45) is 2.31. The van der Waals surface area contributed by atoms with Crippen LogP contribution in [0.25, 0.3) is 0 Å². The third-order valence-electron chi connectivity index (χ3n) is 3.09. The highest BCUT2D eigenvalue weighted by Gasteiger charge is 2.06. The largest absolute Gasteiger partial charge is 0.380 e. The zero-order valence-electron chi connectivity index (χ0n) is 12.8. The molecule has 1 aromatic rings. The van der Waals surface area contributed by atoms with Gasteiger partial charge in [0.25, 0.3) is 0 Å². The topological polar surface area (TPSA) is 45.6 Å². The summed E-state index contributed by atoms with van der Waals surface area (Å²) in [7, 11) is 1.79. The van der Waals surface area contributed by atoms with Crippen molar-refractivity contribution in [2.45, 2.75) is 32.6 Å². The molecular weight excluding hydrogens is 270 g/mol. The Bertz CT molecular complexity index is 365. The quantitative estimate of drug-likeness (QED) is 0.418. The van der Waals surface area contributed by atoms with E-state index in [1.165, 1.54) is 12.0 Å². The van der Waals surface area contributed by atoms with Gasteiger partial charge in [0.2, 0.25) is 0 Å². The second kappa shape index (κ2) is 10.7.